The topological polar surface area (TPSA) is 32.9 Å². The highest BCUT2D eigenvalue weighted by Crippen LogP contribution is 2.08. The number of aromatic nitrogens is 1. The number of rotatable bonds is 3. The summed E-state index contributed by atoms with van der Waals surface area (Å²) in [7, 11) is 0. The van der Waals surface area contributed by atoms with Crippen molar-refractivity contribution in [3.63, 3.8) is 0 Å². The largest absolute Gasteiger partial charge is 0.356 e. The Morgan fingerprint density at radius 1 is 1.50 bits per heavy atom. The van der Waals surface area contributed by atoms with Gasteiger partial charge in [-0.3, -0.25) is 4.79 Å². The predicted octanol–water partition coefficient (Wildman–Crippen LogP) is 2.42. The maximum Gasteiger partial charge on any atom is 0.175 e. The second-order valence-corrected chi connectivity index (χ2v) is 3.55. The molecule has 1 rings (SSSR count). The zero-order valence-corrected chi connectivity index (χ0v) is 7.85. The Labute approximate surface area is 73.0 Å². The van der Waals surface area contributed by atoms with E-state index in [1.807, 2.05) is 12.1 Å². The Kier molecular flexibility index (Phi) is 2.69. The number of hydrogen-bond acceptors (Lipinski definition) is 1. The van der Waals surface area contributed by atoms with Gasteiger partial charge in [-0.1, -0.05) is 13.8 Å². The summed E-state index contributed by atoms with van der Waals surface area (Å²) in [4.78, 5) is 14.0. The van der Waals surface area contributed by atoms with Crippen LogP contribution in [0.2, 0.25) is 0 Å². The molecule has 0 aliphatic carbocycles. The maximum atomic E-state index is 10.9. The van der Waals surface area contributed by atoms with Gasteiger partial charge in [-0.15, -0.1) is 0 Å². The minimum Gasteiger partial charge on any atom is -0.356 e. The zero-order chi connectivity index (χ0) is 9.14. The van der Waals surface area contributed by atoms with Gasteiger partial charge in [0.15, 0.2) is 5.78 Å². The number of ketones is 1. The Morgan fingerprint density at radius 3 is 2.58 bits per heavy atom. The first-order valence-corrected chi connectivity index (χ1v) is 4.28. The van der Waals surface area contributed by atoms with Crippen LogP contribution in [0.4, 0.5) is 0 Å². The second kappa shape index (κ2) is 3.57. The van der Waals surface area contributed by atoms with Gasteiger partial charge in [0.25, 0.3) is 0 Å². The van der Waals surface area contributed by atoms with Crippen molar-refractivity contribution in [2.24, 2.45) is 5.92 Å². The highest BCUT2D eigenvalue weighted by Gasteiger charge is 2.03. The van der Waals surface area contributed by atoms with Crippen LogP contribution in [0.25, 0.3) is 0 Å². The number of Topliss-reactive ketones (excluding diaryl/α,β-unsaturated/α-hetero) is 1. The zero-order valence-electron chi connectivity index (χ0n) is 7.85. The van der Waals surface area contributed by atoms with Crippen LogP contribution in [-0.4, -0.2) is 10.8 Å². The molecule has 0 unspecified atom stereocenters. The van der Waals surface area contributed by atoms with Gasteiger partial charge >= 0.3 is 0 Å². The van der Waals surface area contributed by atoms with E-state index in [1.54, 1.807) is 6.92 Å². The van der Waals surface area contributed by atoms with Crippen molar-refractivity contribution in [2.45, 2.75) is 27.2 Å². The van der Waals surface area contributed by atoms with Gasteiger partial charge < -0.3 is 4.98 Å². The van der Waals surface area contributed by atoms with Crippen molar-refractivity contribution in [3.8, 4) is 0 Å². The number of H-pyrrole nitrogens is 1. The fraction of sp³-hybridized carbons (Fsp3) is 0.500. The third kappa shape index (κ3) is 2.22. The van der Waals surface area contributed by atoms with Crippen LogP contribution in [0.15, 0.2) is 12.1 Å². The summed E-state index contributed by atoms with van der Waals surface area (Å²) < 4.78 is 0. The molecule has 0 radical (unpaired) electrons. The monoisotopic (exact) mass is 165 g/mol. The van der Waals surface area contributed by atoms with Gasteiger partial charge in [-0.2, -0.15) is 0 Å². The highest BCUT2D eigenvalue weighted by molar-refractivity contribution is 5.92. The number of carbonyl (C=O) groups is 1. The van der Waals surface area contributed by atoms with E-state index >= 15 is 0 Å². The van der Waals surface area contributed by atoms with Crippen LogP contribution in [0.3, 0.4) is 0 Å². The molecule has 1 aromatic heterocycles. The summed E-state index contributed by atoms with van der Waals surface area (Å²) in [5.41, 5.74) is 1.86. The molecule has 0 saturated carbocycles. The summed E-state index contributed by atoms with van der Waals surface area (Å²) in [5.74, 6) is 0.730. The van der Waals surface area contributed by atoms with E-state index in [2.05, 4.69) is 18.8 Å². The summed E-state index contributed by atoms with van der Waals surface area (Å²) >= 11 is 0. The first-order valence-electron chi connectivity index (χ1n) is 4.28. The highest BCUT2D eigenvalue weighted by atomic mass is 16.1. The minimum atomic E-state index is 0.102. The number of aromatic amines is 1. The van der Waals surface area contributed by atoms with E-state index in [1.165, 1.54) is 0 Å². The van der Waals surface area contributed by atoms with Crippen molar-refractivity contribution in [2.75, 3.05) is 0 Å². The lowest BCUT2D eigenvalue weighted by Crippen LogP contribution is -1.96. The van der Waals surface area contributed by atoms with Crippen LogP contribution < -0.4 is 0 Å². The normalized spacial score (nSPS) is 10.7. The van der Waals surface area contributed by atoms with Crippen LogP contribution in [0.5, 0.6) is 0 Å². The molecule has 0 spiro atoms. The standard InChI is InChI=1S/C10H15NO/c1-7(2)6-9-4-5-10(11-9)8(3)12/h4-5,7,11H,6H2,1-3H3. The molecule has 1 N–H and O–H groups in total. The van der Waals surface area contributed by atoms with Gasteiger partial charge in [0.05, 0.1) is 5.69 Å². The van der Waals surface area contributed by atoms with Gasteiger partial charge in [-0.05, 0) is 24.5 Å². The first kappa shape index (κ1) is 9.04. The fourth-order valence-corrected chi connectivity index (χ4v) is 1.20. The quantitative estimate of drug-likeness (QED) is 0.685. The summed E-state index contributed by atoms with van der Waals surface area (Å²) in [5, 5.41) is 0. The van der Waals surface area contributed by atoms with E-state index < -0.39 is 0 Å². The minimum absolute atomic E-state index is 0.102. The third-order valence-corrected chi connectivity index (χ3v) is 1.75. The first-order chi connectivity index (χ1) is 5.59. The fourth-order valence-electron chi connectivity index (χ4n) is 1.20. The van der Waals surface area contributed by atoms with Gasteiger partial charge in [0.2, 0.25) is 0 Å². The molecule has 0 aliphatic heterocycles. The SMILES string of the molecule is CC(=O)c1ccc(CC(C)C)[nH]1. The molecule has 66 valence electrons. The molecule has 1 aromatic rings. The van der Waals surface area contributed by atoms with Crippen LogP contribution in [0.1, 0.15) is 37.0 Å². The molecule has 0 atom stereocenters. The molecule has 2 heteroatoms. The van der Waals surface area contributed by atoms with Gasteiger partial charge in [0.1, 0.15) is 0 Å². The summed E-state index contributed by atoms with van der Waals surface area (Å²) in [6, 6.07) is 3.83. The molecule has 0 amide bonds. The molecule has 1 heterocycles. The second-order valence-electron chi connectivity index (χ2n) is 3.55. The molecule has 0 aliphatic rings. The molecule has 0 fully saturated rings. The Bertz CT molecular complexity index is 273. The smallest absolute Gasteiger partial charge is 0.175 e. The van der Waals surface area contributed by atoms with E-state index in [0.717, 1.165) is 12.1 Å². The molecule has 0 bridgehead atoms. The third-order valence-electron chi connectivity index (χ3n) is 1.75. The molecule has 0 aromatic carbocycles. The van der Waals surface area contributed by atoms with E-state index in [-0.39, 0.29) is 5.78 Å². The number of hydrogen-bond donors (Lipinski definition) is 1. The predicted molar refractivity (Wildman–Crippen MR) is 49.3 cm³/mol. The van der Waals surface area contributed by atoms with Crippen molar-refractivity contribution in [1.29, 1.82) is 0 Å². The molecule has 12 heavy (non-hydrogen) atoms. The number of nitrogens with one attached hydrogen (secondary N) is 1. The lowest BCUT2D eigenvalue weighted by Gasteiger charge is -2.00. The average molecular weight is 165 g/mol. The van der Waals surface area contributed by atoms with E-state index in [4.69, 9.17) is 0 Å². The molecule has 0 saturated heterocycles. The maximum absolute atomic E-state index is 10.9. The lowest BCUT2D eigenvalue weighted by molar-refractivity contribution is 0.101. The van der Waals surface area contributed by atoms with Crippen molar-refractivity contribution >= 4 is 5.78 Å². The van der Waals surface area contributed by atoms with Crippen LogP contribution in [0, 0.1) is 5.92 Å². The Hall–Kier alpha value is -1.05. The van der Waals surface area contributed by atoms with Crippen molar-refractivity contribution in [3.05, 3.63) is 23.5 Å². The van der Waals surface area contributed by atoms with Crippen molar-refractivity contribution < 1.29 is 4.79 Å². The van der Waals surface area contributed by atoms with E-state index in [9.17, 15) is 4.79 Å². The Balaban J connectivity index is 2.71. The van der Waals surface area contributed by atoms with E-state index in [0.29, 0.717) is 11.6 Å². The lowest BCUT2D eigenvalue weighted by atomic mass is 10.1. The summed E-state index contributed by atoms with van der Waals surface area (Å²) in [6.07, 6.45) is 1.01. The Morgan fingerprint density at radius 2 is 2.17 bits per heavy atom. The molecule has 2 nitrogen and oxygen atoms in total. The van der Waals surface area contributed by atoms with Crippen LogP contribution >= 0.6 is 0 Å². The van der Waals surface area contributed by atoms with Gasteiger partial charge in [0, 0.05) is 12.6 Å². The van der Waals surface area contributed by atoms with Gasteiger partial charge in [-0.25, -0.2) is 0 Å². The summed E-state index contributed by atoms with van der Waals surface area (Å²) in [6.45, 7) is 5.90. The number of carbonyl (C=O) groups excluding carboxylic acids is 1. The average Bonchev–Trinajstić information content (AvgIpc) is 2.34. The van der Waals surface area contributed by atoms with Crippen molar-refractivity contribution in [1.82, 2.24) is 4.98 Å². The molecular formula is C10H15NO. The van der Waals surface area contributed by atoms with Crippen LogP contribution in [-0.2, 0) is 6.42 Å². The molecular weight excluding hydrogens is 150 g/mol.